The number of carbonyl (C=O) groups excluding carboxylic acids is 1. The lowest BCUT2D eigenvalue weighted by Gasteiger charge is -2.17. The number of aromatic nitrogens is 1. The zero-order chi connectivity index (χ0) is 16.2. The Labute approximate surface area is 136 Å². The average molecular weight is 332 g/mol. The first-order valence-electron chi connectivity index (χ1n) is 7.04. The van der Waals surface area contributed by atoms with Crippen LogP contribution in [0.2, 0.25) is 0 Å². The molecule has 0 saturated heterocycles. The highest BCUT2D eigenvalue weighted by Gasteiger charge is 2.18. The second-order valence-electron chi connectivity index (χ2n) is 5.04. The van der Waals surface area contributed by atoms with E-state index in [1.165, 1.54) is 6.07 Å². The van der Waals surface area contributed by atoms with Crippen LogP contribution in [0.3, 0.4) is 0 Å². The van der Waals surface area contributed by atoms with E-state index in [2.05, 4.69) is 5.32 Å². The standard InChI is InChI=1S/C17H14F2N2OS/c18-13-6-5-12(10-14(13)19)20-17(22)11-15(16-4-3-9-23-16)21-7-1-2-8-21/h1-10,15H,11H2,(H,20,22). The monoisotopic (exact) mass is 332 g/mol. The van der Waals surface area contributed by atoms with Crippen molar-refractivity contribution >= 4 is 22.9 Å². The first kappa shape index (κ1) is 15.4. The molecule has 3 nitrogen and oxygen atoms in total. The Morgan fingerprint density at radius 1 is 1.13 bits per heavy atom. The highest BCUT2D eigenvalue weighted by atomic mass is 32.1. The predicted molar refractivity (Wildman–Crippen MR) is 86.5 cm³/mol. The minimum absolute atomic E-state index is 0.129. The number of thiophene rings is 1. The molecule has 1 atom stereocenters. The van der Waals surface area contributed by atoms with Crippen LogP contribution in [-0.4, -0.2) is 10.5 Å². The van der Waals surface area contributed by atoms with Crippen molar-refractivity contribution in [1.82, 2.24) is 4.57 Å². The van der Waals surface area contributed by atoms with E-state index in [0.29, 0.717) is 0 Å². The second kappa shape index (κ2) is 6.75. The van der Waals surface area contributed by atoms with E-state index in [1.54, 1.807) is 11.3 Å². The summed E-state index contributed by atoms with van der Waals surface area (Å²) in [5.74, 6) is -2.18. The highest BCUT2D eigenvalue weighted by Crippen LogP contribution is 2.27. The van der Waals surface area contributed by atoms with Crippen molar-refractivity contribution in [2.45, 2.75) is 12.5 Å². The van der Waals surface area contributed by atoms with Crippen LogP contribution in [0, 0.1) is 11.6 Å². The van der Waals surface area contributed by atoms with Gasteiger partial charge in [0.2, 0.25) is 5.91 Å². The lowest BCUT2D eigenvalue weighted by atomic mass is 10.1. The molecule has 0 fully saturated rings. The molecule has 6 heteroatoms. The van der Waals surface area contributed by atoms with E-state index in [-0.39, 0.29) is 24.1 Å². The summed E-state index contributed by atoms with van der Waals surface area (Å²) in [4.78, 5) is 13.3. The zero-order valence-electron chi connectivity index (χ0n) is 12.1. The van der Waals surface area contributed by atoms with Crippen molar-refractivity contribution in [3.05, 3.63) is 76.7 Å². The second-order valence-corrected chi connectivity index (χ2v) is 6.02. The van der Waals surface area contributed by atoms with Crippen LogP contribution in [0.15, 0.2) is 60.2 Å². The van der Waals surface area contributed by atoms with Gasteiger partial charge >= 0.3 is 0 Å². The minimum atomic E-state index is -0.983. The van der Waals surface area contributed by atoms with E-state index in [4.69, 9.17) is 0 Å². The molecule has 0 aliphatic heterocycles. The fourth-order valence-electron chi connectivity index (χ4n) is 2.35. The molecule has 0 aliphatic rings. The van der Waals surface area contributed by atoms with E-state index in [9.17, 15) is 13.6 Å². The van der Waals surface area contributed by atoms with E-state index < -0.39 is 11.6 Å². The van der Waals surface area contributed by atoms with Crippen LogP contribution in [0.5, 0.6) is 0 Å². The van der Waals surface area contributed by atoms with Gasteiger partial charge < -0.3 is 9.88 Å². The number of hydrogen-bond acceptors (Lipinski definition) is 2. The summed E-state index contributed by atoms with van der Waals surface area (Å²) in [6, 6.07) is 10.9. The van der Waals surface area contributed by atoms with Crippen molar-refractivity contribution in [2.24, 2.45) is 0 Å². The summed E-state index contributed by atoms with van der Waals surface area (Å²) in [6.07, 6.45) is 4.00. The zero-order valence-corrected chi connectivity index (χ0v) is 12.9. The molecule has 3 aromatic rings. The third-order valence-electron chi connectivity index (χ3n) is 3.44. The molecule has 1 aromatic carbocycles. The maximum Gasteiger partial charge on any atom is 0.226 e. The molecule has 0 radical (unpaired) electrons. The van der Waals surface area contributed by atoms with Crippen LogP contribution < -0.4 is 5.32 Å². The molecule has 3 rings (SSSR count). The summed E-state index contributed by atoms with van der Waals surface area (Å²) in [5, 5.41) is 4.57. The Balaban J connectivity index is 1.75. The predicted octanol–water partition coefficient (Wildman–Crippen LogP) is 4.45. The number of nitrogens with zero attached hydrogens (tertiary/aromatic N) is 1. The van der Waals surface area contributed by atoms with Gasteiger partial charge in [0.15, 0.2) is 11.6 Å². The molecule has 2 aromatic heterocycles. The Bertz CT molecular complexity index is 751. The molecule has 0 bridgehead atoms. The van der Waals surface area contributed by atoms with Gasteiger partial charge in [0, 0.05) is 29.0 Å². The Morgan fingerprint density at radius 3 is 2.57 bits per heavy atom. The lowest BCUT2D eigenvalue weighted by molar-refractivity contribution is -0.116. The topological polar surface area (TPSA) is 34.0 Å². The minimum Gasteiger partial charge on any atom is -0.346 e. The van der Waals surface area contributed by atoms with Gasteiger partial charge in [-0.05, 0) is 35.7 Å². The molecule has 0 aliphatic carbocycles. The number of carbonyl (C=O) groups is 1. The average Bonchev–Trinajstić information content (AvgIpc) is 3.21. The summed E-state index contributed by atoms with van der Waals surface area (Å²) in [5.41, 5.74) is 0.242. The number of hydrogen-bond donors (Lipinski definition) is 1. The summed E-state index contributed by atoms with van der Waals surface area (Å²) < 4.78 is 28.1. The van der Waals surface area contributed by atoms with Crippen molar-refractivity contribution in [2.75, 3.05) is 5.32 Å². The maximum absolute atomic E-state index is 13.2. The molecule has 1 amide bonds. The Kier molecular flexibility index (Phi) is 4.52. The van der Waals surface area contributed by atoms with E-state index in [1.807, 2.05) is 46.6 Å². The normalized spacial score (nSPS) is 12.1. The first-order valence-corrected chi connectivity index (χ1v) is 7.92. The maximum atomic E-state index is 13.2. The third-order valence-corrected chi connectivity index (χ3v) is 4.41. The van der Waals surface area contributed by atoms with Gasteiger partial charge in [0.1, 0.15) is 0 Å². The molecular formula is C17H14F2N2OS. The fourth-order valence-corrected chi connectivity index (χ4v) is 3.18. The van der Waals surface area contributed by atoms with Gasteiger partial charge in [-0.1, -0.05) is 6.07 Å². The van der Waals surface area contributed by atoms with E-state index >= 15 is 0 Å². The largest absolute Gasteiger partial charge is 0.346 e. The van der Waals surface area contributed by atoms with Crippen LogP contribution in [0.1, 0.15) is 17.3 Å². The number of benzene rings is 1. The van der Waals surface area contributed by atoms with Gasteiger partial charge in [-0.25, -0.2) is 8.78 Å². The molecular weight excluding hydrogens is 318 g/mol. The van der Waals surface area contributed by atoms with Gasteiger partial charge in [-0.15, -0.1) is 11.3 Å². The SMILES string of the molecule is O=C(CC(c1cccs1)n1cccc1)Nc1ccc(F)c(F)c1. The first-order chi connectivity index (χ1) is 11.1. The summed E-state index contributed by atoms with van der Waals surface area (Å²) >= 11 is 1.57. The lowest BCUT2D eigenvalue weighted by Crippen LogP contribution is -2.19. The number of amides is 1. The van der Waals surface area contributed by atoms with Crippen molar-refractivity contribution in [1.29, 1.82) is 0 Å². The molecule has 1 N–H and O–H groups in total. The van der Waals surface area contributed by atoms with Crippen LogP contribution >= 0.6 is 11.3 Å². The van der Waals surface area contributed by atoms with Crippen LogP contribution in [0.25, 0.3) is 0 Å². The van der Waals surface area contributed by atoms with Gasteiger partial charge in [-0.2, -0.15) is 0 Å². The molecule has 118 valence electrons. The number of anilines is 1. The Morgan fingerprint density at radius 2 is 1.91 bits per heavy atom. The number of rotatable bonds is 5. The number of halogens is 2. The van der Waals surface area contributed by atoms with Gasteiger partial charge in [0.05, 0.1) is 12.5 Å². The third kappa shape index (κ3) is 3.65. The van der Waals surface area contributed by atoms with Crippen LogP contribution in [-0.2, 0) is 4.79 Å². The van der Waals surface area contributed by atoms with Crippen molar-refractivity contribution in [3.8, 4) is 0 Å². The highest BCUT2D eigenvalue weighted by molar-refractivity contribution is 7.10. The fraction of sp³-hybridized carbons (Fsp3) is 0.118. The summed E-state index contributed by atoms with van der Waals surface area (Å²) in [7, 11) is 0. The van der Waals surface area contributed by atoms with E-state index in [0.717, 1.165) is 17.0 Å². The molecule has 0 spiro atoms. The molecule has 2 heterocycles. The van der Waals surface area contributed by atoms with Gasteiger partial charge in [0.25, 0.3) is 0 Å². The van der Waals surface area contributed by atoms with Crippen molar-refractivity contribution < 1.29 is 13.6 Å². The molecule has 1 unspecified atom stereocenters. The van der Waals surface area contributed by atoms with Crippen molar-refractivity contribution in [3.63, 3.8) is 0 Å². The molecule has 23 heavy (non-hydrogen) atoms. The summed E-state index contributed by atoms with van der Waals surface area (Å²) in [6.45, 7) is 0. The Hall–Kier alpha value is -2.47. The van der Waals surface area contributed by atoms with Gasteiger partial charge in [-0.3, -0.25) is 4.79 Å². The van der Waals surface area contributed by atoms with Crippen LogP contribution in [0.4, 0.5) is 14.5 Å². The quantitative estimate of drug-likeness (QED) is 0.736. The molecule has 0 saturated carbocycles. The number of nitrogens with one attached hydrogen (secondary N) is 1. The smallest absolute Gasteiger partial charge is 0.226 e.